The van der Waals surface area contributed by atoms with Crippen LogP contribution in [0.15, 0.2) is 54.6 Å². The molecule has 0 aliphatic carbocycles. The van der Waals surface area contributed by atoms with E-state index in [1.807, 2.05) is 54.6 Å². The minimum absolute atomic E-state index is 0.0823. The van der Waals surface area contributed by atoms with E-state index in [0.29, 0.717) is 6.54 Å². The number of ether oxygens (including phenoxy) is 1. The first-order valence-electron chi connectivity index (χ1n) is 7.31. The summed E-state index contributed by atoms with van der Waals surface area (Å²) in [5, 5.41) is 0. The zero-order valence-corrected chi connectivity index (χ0v) is 13.0. The number of hydrogen-bond donors (Lipinski definition) is 1. The third-order valence-corrected chi connectivity index (χ3v) is 3.71. The normalized spacial score (nSPS) is 11.8. The Kier molecular flexibility index (Phi) is 5.55. The van der Waals surface area contributed by atoms with Crippen LogP contribution in [0.5, 0.6) is 5.75 Å². The van der Waals surface area contributed by atoms with Crippen LogP contribution in [0.4, 0.5) is 0 Å². The van der Waals surface area contributed by atoms with Crippen LogP contribution >= 0.6 is 0 Å². The minimum Gasteiger partial charge on any atom is -0.496 e. The zero-order chi connectivity index (χ0) is 15.9. The molecule has 0 saturated heterocycles. The molecule has 4 nitrogen and oxygen atoms in total. The standard InChI is InChI=1S/C18H22N2O2/c1-20(13-12-14-8-6-7-11-16(14)22-2)18(21)17(19)15-9-4-3-5-10-15/h3-11,17H,12-13,19H2,1-2H3/t17-/m1/s1. The monoisotopic (exact) mass is 298 g/mol. The smallest absolute Gasteiger partial charge is 0.243 e. The number of hydrogen-bond acceptors (Lipinski definition) is 3. The van der Waals surface area contributed by atoms with Gasteiger partial charge in [-0.25, -0.2) is 0 Å². The Morgan fingerprint density at radius 2 is 1.77 bits per heavy atom. The third kappa shape index (κ3) is 3.86. The van der Waals surface area contributed by atoms with Crippen molar-refractivity contribution in [2.75, 3.05) is 20.7 Å². The summed E-state index contributed by atoms with van der Waals surface area (Å²) in [4.78, 5) is 14.1. The van der Waals surface area contributed by atoms with E-state index in [1.54, 1.807) is 19.1 Å². The molecule has 116 valence electrons. The molecule has 0 heterocycles. The maximum Gasteiger partial charge on any atom is 0.243 e. The highest BCUT2D eigenvalue weighted by Crippen LogP contribution is 2.18. The van der Waals surface area contributed by atoms with E-state index in [2.05, 4.69) is 0 Å². The van der Waals surface area contributed by atoms with Gasteiger partial charge in [-0.3, -0.25) is 4.79 Å². The predicted molar refractivity (Wildman–Crippen MR) is 87.7 cm³/mol. The number of nitrogens with zero attached hydrogens (tertiary/aromatic N) is 1. The van der Waals surface area contributed by atoms with Crippen LogP contribution in [-0.4, -0.2) is 31.5 Å². The summed E-state index contributed by atoms with van der Waals surface area (Å²) in [6.07, 6.45) is 0.730. The lowest BCUT2D eigenvalue weighted by Gasteiger charge is -2.22. The van der Waals surface area contributed by atoms with Crippen molar-refractivity contribution in [2.24, 2.45) is 5.73 Å². The fraction of sp³-hybridized carbons (Fsp3) is 0.278. The van der Waals surface area contributed by atoms with Gasteiger partial charge in [-0.05, 0) is 23.6 Å². The lowest BCUT2D eigenvalue weighted by molar-refractivity contribution is -0.131. The Bertz CT molecular complexity index is 613. The number of rotatable bonds is 6. The van der Waals surface area contributed by atoms with Gasteiger partial charge in [-0.1, -0.05) is 48.5 Å². The summed E-state index contributed by atoms with van der Waals surface area (Å²) in [7, 11) is 3.43. The summed E-state index contributed by atoms with van der Waals surface area (Å²) in [5.41, 5.74) is 7.96. The van der Waals surface area contributed by atoms with Crippen molar-refractivity contribution in [3.8, 4) is 5.75 Å². The summed E-state index contributed by atoms with van der Waals surface area (Å²) in [5.74, 6) is 0.761. The second-order valence-electron chi connectivity index (χ2n) is 5.21. The molecule has 0 spiro atoms. The van der Waals surface area contributed by atoms with Gasteiger partial charge in [0.1, 0.15) is 11.8 Å². The van der Waals surface area contributed by atoms with Crippen LogP contribution in [0.25, 0.3) is 0 Å². The van der Waals surface area contributed by atoms with Gasteiger partial charge in [0.05, 0.1) is 7.11 Å². The first-order valence-corrected chi connectivity index (χ1v) is 7.31. The maximum atomic E-state index is 12.4. The van der Waals surface area contributed by atoms with Gasteiger partial charge in [0.15, 0.2) is 0 Å². The van der Waals surface area contributed by atoms with Gasteiger partial charge in [0, 0.05) is 13.6 Å². The van der Waals surface area contributed by atoms with Crippen LogP contribution in [0.3, 0.4) is 0 Å². The Labute approximate surface area is 131 Å². The predicted octanol–water partition coefficient (Wildman–Crippen LogP) is 2.40. The topological polar surface area (TPSA) is 55.6 Å². The average Bonchev–Trinajstić information content (AvgIpc) is 2.59. The van der Waals surface area contributed by atoms with Crippen molar-refractivity contribution in [1.29, 1.82) is 0 Å². The highest BCUT2D eigenvalue weighted by Gasteiger charge is 2.19. The lowest BCUT2D eigenvalue weighted by atomic mass is 10.1. The molecule has 0 aliphatic rings. The third-order valence-electron chi connectivity index (χ3n) is 3.71. The van der Waals surface area contributed by atoms with Crippen LogP contribution in [-0.2, 0) is 11.2 Å². The molecule has 0 aromatic heterocycles. The molecule has 2 N–H and O–H groups in total. The van der Waals surface area contributed by atoms with E-state index in [-0.39, 0.29) is 5.91 Å². The van der Waals surface area contributed by atoms with Crippen LogP contribution in [0, 0.1) is 0 Å². The van der Waals surface area contributed by atoms with Crippen molar-refractivity contribution in [1.82, 2.24) is 4.90 Å². The van der Waals surface area contributed by atoms with Gasteiger partial charge in [0.2, 0.25) is 5.91 Å². The van der Waals surface area contributed by atoms with E-state index in [9.17, 15) is 4.79 Å². The van der Waals surface area contributed by atoms with E-state index in [0.717, 1.165) is 23.3 Å². The Balaban J connectivity index is 1.97. The largest absolute Gasteiger partial charge is 0.496 e. The van der Waals surface area contributed by atoms with Crippen molar-refractivity contribution in [3.05, 3.63) is 65.7 Å². The number of carbonyl (C=O) groups excluding carboxylic acids is 1. The molecule has 1 atom stereocenters. The van der Waals surface area contributed by atoms with E-state index in [4.69, 9.17) is 10.5 Å². The first-order chi connectivity index (χ1) is 10.6. The Morgan fingerprint density at radius 1 is 1.14 bits per heavy atom. The molecule has 0 saturated carbocycles. The molecule has 0 bridgehead atoms. The van der Waals surface area contributed by atoms with Gasteiger partial charge in [0.25, 0.3) is 0 Å². The summed E-state index contributed by atoms with van der Waals surface area (Å²) >= 11 is 0. The molecule has 1 amide bonds. The number of likely N-dealkylation sites (N-methyl/N-ethyl adjacent to an activating group) is 1. The van der Waals surface area contributed by atoms with Gasteiger partial charge in [-0.15, -0.1) is 0 Å². The van der Waals surface area contributed by atoms with Crippen LogP contribution in [0.2, 0.25) is 0 Å². The highest BCUT2D eigenvalue weighted by molar-refractivity contribution is 5.82. The molecule has 0 radical (unpaired) electrons. The molecule has 22 heavy (non-hydrogen) atoms. The summed E-state index contributed by atoms with van der Waals surface area (Å²) in [6, 6.07) is 16.6. The van der Waals surface area contributed by atoms with Gasteiger partial charge < -0.3 is 15.4 Å². The first kappa shape index (κ1) is 16.0. The molecule has 0 fully saturated rings. The number of nitrogens with two attached hydrogens (primary N) is 1. The minimum atomic E-state index is -0.621. The average molecular weight is 298 g/mol. The second-order valence-corrected chi connectivity index (χ2v) is 5.21. The summed E-state index contributed by atoms with van der Waals surface area (Å²) in [6.45, 7) is 0.597. The van der Waals surface area contributed by atoms with Gasteiger partial charge in [-0.2, -0.15) is 0 Å². The zero-order valence-electron chi connectivity index (χ0n) is 13.0. The molecular formula is C18H22N2O2. The SMILES string of the molecule is COc1ccccc1CCN(C)C(=O)[C@H](N)c1ccccc1. The van der Waals surface area contributed by atoms with Crippen molar-refractivity contribution >= 4 is 5.91 Å². The fourth-order valence-electron chi connectivity index (χ4n) is 2.35. The van der Waals surface area contributed by atoms with Crippen molar-refractivity contribution < 1.29 is 9.53 Å². The highest BCUT2D eigenvalue weighted by atomic mass is 16.5. The number of amides is 1. The molecule has 2 aromatic carbocycles. The number of carbonyl (C=O) groups is 1. The van der Waals surface area contributed by atoms with E-state index < -0.39 is 6.04 Å². The molecule has 2 aromatic rings. The molecule has 0 unspecified atom stereocenters. The lowest BCUT2D eigenvalue weighted by Crippen LogP contribution is -2.37. The Morgan fingerprint density at radius 3 is 2.45 bits per heavy atom. The van der Waals surface area contributed by atoms with Crippen LogP contribution in [0.1, 0.15) is 17.2 Å². The quantitative estimate of drug-likeness (QED) is 0.891. The maximum absolute atomic E-state index is 12.4. The van der Waals surface area contributed by atoms with Crippen molar-refractivity contribution in [2.45, 2.75) is 12.5 Å². The summed E-state index contributed by atoms with van der Waals surface area (Å²) < 4.78 is 5.33. The molecule has 0 aliphatic heterocycles. The molecule has 2 rings (SSSR count). The molecular weight excluding hydrogens is 276 g/mol. The van der Waals surface area contributed by atoms with Crippen LogP contribution < -0.4 is 10.5 Å². The van der Waals surface area contributed by atoms with Crippen molar-refractivity contribution in [3.63, 3.8) is 0 Å². The number of methoxy groups -OCH3 is 1. The number of para-hydroxylation sites is 1. The number of benzene rings is 2. The van der Waals surface area contributed by atoms with E-state index >= 15 is 0 Å². The fourth-order valence-corrected chi connectivity index (χ4v) is 2.35. The molecule has 4 heteroatoms. The Hall–Kier alpha value is -2.33. The second kappa shape index (κ2) is 7.61. The van der Waals surface area contributed by atoms with Gasteiger partial charge >= 0.3 is 0 Å². The van der Waals surface area contributed by atoms with E-state index in [1.165, 1.54) is 0 Å².